The first kappa shape index (κ1) is 16.7. The number of hydrogen-bond donors (Lipinski definition) is 0. The summed E-state index contributed by atoms with van der Waals surface area (Å²) in [4.78, 5) is 16.0. The lowest BCUT2D eigenvalue weighted by Crippen LogP contribution is -2.08. The molecule has 5 nitrogen and oxygen atoms in total. The number of ether oxygens (including phenoxy) is 2. The van der Waals surface area contributed by atoms with E-state index in [0.29, 0.717) is 17.2 Å². The van der Waals surface area contributed by atoms with Crippen LogP contribution in [0.4, 0.5) is 4.39 Å². The van der Waals surface area contributed by atoms with Crippen molar-refractivity contribution in [1.82, 2.24) is 4.98 Å². The number of hydrogen-bond acceptors (Lipinski definition) is 5. The van der Waals surface area contributed by atoms with Crippen LogP contribution >= 0.6 is 0 Å². The molecule has 2 aromatic carbocycles. The van der Waals surface area contributed by atoms with Crippen molar-refractivity contribution >= 4 is 5.97 Å². The van der Waals surface area contributed by atoms with Gasteiger partial charge in [-0.2, -0.15) is 0 Å². The van der Waals surface area contributed by atoms with Gasteiger partial charge in [-0.3, -0.25) is 4.79 Å². The second-order valence-corrected chi connectivity index (χ2v) is 5.29. The predicted molar refractivity (Wildman–Crippen MR) is 88.4 cm³/mol. The summed E-state index contributed by atoms with van der Waals surface area (Å²) in [5.74, 6) is 0.0133. The van der Waals surface area contributed by atoms with Gasteiger partial charge in [-0.1, -0.05) is 36.4 Å². The maximum atomic E-state index is 13.6. The second-order valence-electron chi connectivity index (χ2n) is 5.29. The van der Waals surface area contributed by atoms with Crippen LogP contribution in [0.5, 0.6) is 5.75 Å². The smallest absolute Gasteiger partial charge is 0.310 e. The van der Waals surface area contributed by atoms with E-state index >= 15 is 0 Å². The van der Waals surface area contributed by atoms with Gasteiger partial charge < -0.3 is 13.9 Å². The number of rotatable bonds is 6. The van der Waals surface area contributed by atoms with Gasteiger partial charge in [0.25, 0.3) is 0 Å². The fraction of sp³-hybridized carbons (Fsp3) is 0.158. The molecular weight excluding hydrogens is 325 g/mol. The molecule has 0 amide bonds. The maximum Gasteiger partial charge on any atom is 0.310 e. The quantitative estimate of drug-likeness (QED) is 0.639. The van der Waals surface area contributed by atoms with Crippen molar-refractivity contribution in [3.05, 3.63) is 72.0 Å². The second kappa shape index (κ2) is 7.61. The van der Waals surface area contributed by atoms with Crippen molar-refractivity contribution in [3.8, 4) is 17.1 Å². The summed E-state index contributed by atoms with van der Waals surface area (Å²) < 4.78 is 29.1. The summed E-state index contributed by atoms with van der Waals surface area (Å²) in [6.45, 7) is -0.0791. The van der Waals surface area contributed by atoms with Gasteiger partial charge in [0, 0.05) is 5.56 Å². The molecule has 6 heteroatoms. The highest BCUT2D eigenvalue weighted by Crippen LogP contribution is 2.20. The molecule has 0 unspecified atom stereocenters. The Balaban J connectivity index is 1.56. The Hall–Kier alpha value is -3.15. The molecule has 0 aliphatic rings. The Morgan fingerprint density at radius 2 is 2.00 bits per heavy atom. The molecule has 1 aromatic heterocycles. The van der Waals surface area contributed by atoms with Crippen molar-refractivity contribution in [2.75, 3.05) is 7.11 Å². The first-order valence-electron chi connectivity index (χ1n) is 7.64. The third-order valence-electron chi connectivity index (χ3n) is 3.53. The minimum Gasteiger partial charge on any atom is -0.494 e. The standard InChI is InChI=1S/C19H16FNO4/c1-23-16-8-7-13(9-15(16)20)10-19(22)24-12-18-21-11-17(25-18)14-5-3-2-4-6-14/h2-9,11H,10,12H2,1H3. The van der Waals surface area contributed by atoms with Crippen LogP contribution in [-0.4, -0.2) is 18.1 Å². The average molecular weight is 341 g/mol. The van der Waals surface area contributed by atoms with E-state index in [4.69, 9.17) is 13.9 Å². The number of oxazole rings is 1. The van der Waals surface area contributed by atoms with E-state index in [1.54, 1.807) is 12.3 Å². The highest BCUT2D eigenvalue weighted by atomic mass is 19.1. The van der Waals surface area contributed by atoms with Crippen molar-refractivity contribution < 1.29 is 23.1 Å². The maximum absolute atomic E-state index is 13.6. The lowest BCUT2D eigenvalue weighted by atomic mass is 10.1. The van der Waals surface area contributed by atoms with Crippen LogP contribution in [-0.2, 0) is 22.6 Å². The van der Waals surface area contributed by atoms with E-state index in [-0.39, 0.29) is 18.8 Å². The Bertz CT molecular complexity index is 861. The van der Waals surface area contributed by atoms with E-state index in [2.05, 4.69) is 4.98 Å². The number of halogens is 1. The number of carbonyl (C=O) groups is 1. The molecule has 0 saturated carbocycles. The lowest BCUT2D eigenvalue weighted by Gasteiger charge is -2.05. The van der Waals surface area contributed by atoms with Crippen LogP contribution < -0.4 is 4.74 Å². The van der Waals surface area contributed by atoms with Gasteiger partial charge in [0.05, 0.1) is 19.7 Å². The lowest BCUT2D eigenvalue weighted by molar-refractivity contribution is -0.144. The molecule has 3 rings (SSSR count). The van der Waals surface area contributed by atoms with Crippen LogP contribution in [0.2, 0.25) is 0 Å². The molecule has 0 radical (unpaired) electrons. The molecule has 0 saturated heterocycles. The fourth-order valence-corrected chi connectivity index (χ4v) is 2.29. The molecule has 0 atom stereocenters. The Morgan fingerprint density at radius 3 is 2.72 bits per heavy atom. The SMILES string of the molecule is COc1ccc(CC(=O)OCc2ncc(-c3ccccc3)o2)cc1F. The molecule has 0 fully saturated rings. The van der Waals surface area contributed by atoms with E-state index in [1.165, 1.54) is 19.2 Å². The predicted octanol–water partition coefficient (Wildman–Crippen LogP) is 3.78. The summed E-state index contributed by atoms with van der Waals surface area (Å²) in [5, 5.41) is 0. The Kier molecular flexibility index (Phi) is 5.09. The zero-order valence-corrected chi connectivity index (χ0v) is 13.6. The van der Waals surface area contributed by atoms with Gasteiger partial charge in [0.1, 0.15) is 0 Å². The number of aromatic nitrogens is 1. The van der Waals surface area contributed by atoms with Gasteiger partial charge in [-0.05, 0) is 17.7 Å². The van der Waals surface area contributed by atoms with Gasteiger partial charge in [0.15, 0.2) is 23.9 Å². The van der Waals surface area contributed by atoms with E-state index in [0.717, 1.165) is 5.56 Å². The van der Waals surface area contributed by atoms with Crippen molar-refractivity contribution in [1.29, 1.82) is 0 Å². The molecule has 0 aliphatic heterocycles. The molecule has 25 heavy (non-hydrogen) atoms. The van der Waals surface area contributed by atoms with E-state index in [1.807, 2.05) is 30.3 Å². The van der Waals surface area contributed by atoms with Gasteiger partial charge in [-0.15, -0.1) is 0 Å². The number of esters is 1. The molecule has 1 heterocycles. The molecule has 0 aliphatic carbocycles. The van der Waals surface area contributed by atoms with E-state index < -0.39 is 11.8 Å². The summed E-state index contributed by atoms with van der Waals surface area (Å²) in [6.07, 6.45) is 1.53. The third-order valence-corrected chi connectivity index (χ3v) is 3.53. The molecule has 0 N–H and O–H groups in total. The molecule has 128 valence electrons. The highest BCUT2D eigenvalue weighted by Gasteiger charge is 2.11. The first-order chi connectivity index (χ1) is 12.2. The van der Waals surface area contributed by atoms with Crippen molar-refractivity contribution in [2.24, 2.45) is 0 Å². The minimum atomic E-state index is -0.520. The first-order valence-corrected chi connectivity index (χ1v) is 7.64. The van der Waals surface area contributed by atoms with E-state index in [9.17, 15) is 9.18 Å². The van der Waals surface area contributed by atoms with Gasteiger partial charge in [0.2, 0.25) is 5.89 Å². The zero-order chi connectivity index (χ0) is 17.6. The molecule has 0 bridgehead atoms. The van der Waals surface area contributed by atoms with Crippen LogP contribution in [0.3, 0.4) is 0 Å². The minimum absolute atomic E-state index is 0.0484. The summed E-state index contributed by atoms with van der Waals surface area (Å²) in [7, 11) is 1.38. The Morgan fingerprint density at radius 1 is 1.20 bits per heavy atom. The van der Waals surface area contributed by atoms with Crippen molar-refractivity contribution in [2.45, 2.75) is 13.0 Å². The van der Waals surface area contributed by atoms with Gasteiger partial charge >= 0.3 is 5.97 Å². The molecule has 3 aromatic rings. The summed E-state index contributed by atoms with van der Waals surface area (Å²) in [6, 6.07) is 13.8. The summed E-state index contributed by atoms with van der Waals surface area (Å²) in [5.41, 5.74) is 1.39. The fourth-order valence-electron chi connectivity index (χ4n) is 2.29. The molecule has 0 spiro atoms. The topological polar surface area (TPSA) is 61.6 Å². The highest BCUT2D eigenvalue weighted by molar-refractivity contribution is 5.72. The van der Waals surface area contributed by atoms with Crippen molar-refractivity contribution in [3.63, 3.8) is 0 Å². The van der Waals surface area contributed by atoms with Crippen LogP contribution in [0.15, 0.2) is 59.1 Å². The van der Waals surface area contributed by atoms with Crippen LogP contribution in [0, 0.1) is 5.82 Å². The monoisotopic (exact) mass is 341 g/mol. The number of nitrogens with zero attached hydrogens (tertiary/aromatic N) is 1. The number of methoxy groups -OCH3 is 1. The van der Waals surface area contributed by atoms with Gasteiger partial charge in [-0.25, -0.2) is 9.37 Å². The van der Waals surface area contributed by atoms with Crippen LogP contribution in [0.1, 0.15) is 11.5 Å². The third kappa shape index (κ3) is 4.23. The molecular formula is C19H16FNO4. The average Bonchev–Trinajstić information content (AvgIpc) is 3.10. The Labute approximate surface area is 144 Å². The number of carbonyl (C=O) groups excluding carboxylic acids is 1. The zero-order valence-electron chi connectivity index (χ0n) is 13.6. The summed E-state index contributed by atoms with van der Waals surface area (Å²) >= 11 is 0. The largest absolute Gasteiger partial charge is 0.494 e. The normalized spacial score (nSPS) is 10.5. The van der Waals surface area contributed by atoms with Crippen LogP contribution in [0.25, 0.3) is 11.3 Å². The number of benzene rings is 2.